The van der Waals surface area contributed by atoms with Crippen LogP contribution in [-0.4, -0.2) is 47.3 Å². The van der Waals surface area contributed by atoms with Crippen molar-refractivity contribution in [3.05, 3.63) is 24.3 Å². The lowest BCUT2D eigenvalue weighted by molar-refractivity contribution is -0.143. The summed E-state index contributed by atoms with van der Waals surface area (Å²) in [5.41, 5.74) is -0.628. The van der Waals surface area contributed by atoms with Gasteiger partial charge in [-0.05, 0) is 24.3 Å². The third-order valence-corrected chi connectivity index (χ3v) is 5.52. The first-order valence-electron chi connectivity index (χ1n) is 7.67. The van der Waals surface area contributed by atoms with E-state index in [9.17, 15) is 23.2 Å². The molecule has 1 aromatic rings. The summed E-state index contributed by atoms with van der Waals surface area (Å²) in [6.45, 7) is -3.47. The Morgan fingerprint density at radius 1 is 1.36 bits per heavy atom. The summed E-state index contributed by atoms with van der Waals surface area (Å²) in [5.74, 6) is -0.129. The molecule has 0 radical (unpaired) electrons. The van der Waals surface area contributed by atoms with Crippen LogP contribution in [0.15, 0.2) is 24.3 Å². The predicted octanol–water partition coefficient (Wildman–Crippen LogP) is 2.11. The molecule has 6 nitrogen and oxygen atoms in total. The molecule has 1 unspecified atom stereocenters. The second-order valence-electron chi connectivity index (χ2n) is 5.97. The maximum absolute atomic E-state index is 12.5. The van der Waals surface area contributed by atoms with E-state index in [0.717, 1.165) is 10.7 Å². The number of benzene rings is 1. The van der Waals surface area contributed by atoms with Gasteiger partial charge in [0.1, 0.15) is 12.3 Å². The van der Waals surface area contributed by atoms with Crippen molar-refractivity contribution in [2.75, 3.05) is 23.4 Å². The van der Waals surface area contributed by atoms with E-state index in [1.54, 1.807) is 17.8 Å². The Hall–Kier alpha value is -2.16. The van der Waals surface area contributed by atoms with Gasteiger partial charge in [0.15, 0.2) is 0 Å². The van der Waals surface area contributed by atoms with Gasteiger partial charge >= 0.3 is 6.61 Å². The van der Waals surface area contributed by atoms with Gasteiger partial charge in [-0.15, -0.1) is 0 Å². The number of nitrogens with one attached hydrogen (secondary N) is 1. The Bertz CT molecular complexity index is 707. The average Bonchev–Trinajstić information content (AvgIpc) is 3.10. The Morgan fingerprint density at radius 2 is 2.12 bits per heavy atom. The van der Waals surface area contributed by atoms with Crippen LogP contribution in [-0.2, 0) is 14.4 Å². The summed E-state index contributed by atoms with van der Waals surface area (Å²) in [6.07, 6.45) is 0.753. The number of hydrogen-bond acceptors (Lipinski definition) is 5. The third kappa shape index (κ3) is 3.60. The molecule has 2 aliphatic heterocycles. The molecule has 0 aromatic heterocycles. The lowest BCUT2D eigenvalue weighted by Crippen LogP contribution is -2.40. The monoisotopic (exact) mass is 370 g/mol. The minimum absolute atomic E-state index is 0.0537. The number of halogens is 2. The van der Waals surface area contributed by atoms with E-state index in [-0.39, 0.29) is 29.7 Å². The number of nitrogens with zero attached hydrogens (tertiary/aromatic N) is 1. The van der Waals surface area contributed by atoms with Crippen molar-refractivity contribution in [2.24, 2.45) is 5.41 Å². The Balaban J connectivity index is 1.67. The van der Waals surface area contributed by atoms with Gasteiger partial charge in [0.2, 0.25) is 17.7 Å². The topological polar surface area (TPSA) is 75.7 Å². The van der Waals surface area contributed by atoms with E-state index < -0.39 is 24.5 Å². The predicted molar refractivity (Wildman–Crippen MR) is 87.4 cm³/mol. The summed E-state index contributed by atoms with van der Waals surface area (Å²) in [6, 6.07) is 5.73. The van der Waals surface area contributed by atoms with Crippen LogP contribution in [0.4, 0.5) is 14.5 Å². The fourth-order valence-corrected chi connectivity index (χ4v) is 4.48. The smallest absolute Gasteiger partial charge is 0.387 e. The number of amides is 3. The van der Waals surface area contributed by atoms with Crippen molar-refractivity contribution in [3.63, 3.8) is 0 Å². The zero-order valence-electron chi connectivity index (χ0n) is 13.2. The van der Waals surface area contributed by atoms with Crippen LogP contribution in [0.1, 0.15) is 12.8 Å². The molecule has 134 valence electrons. The molecule has 1 aromatic carbocycles. The molecular weight excluding hydrogens is 354 g/mol. The number of thioether (sulfide) groups is 1. The summed E-state index contributed by atoms with van der Waals surface area (Å²) in [7, 11) is 0. The third-order valence-electron chi connectivity index (χ3n) is 4.27. The number of alkyl halides is 2. The highest BCUT2D eigenvalue weighted by Crippen LogP contribution is 2.44. The van der Waals surface area contributed by atoms with E-state index in [1.807, 2.05) is 0 Å². The van der Waals surface area contributed by atoms with Crippen LogP contribution >= 0.6 is 11.8 Å². The molecule has 9 heteroatoms. The highest BCUT2D eigenvalue weighted by atomic mass is 32.2. The molecule has 3 amide bonds. The van der Waals surface area contributed by atoms with Crippen LogP contribution in [0.25, 0.3) is 0 Å². The molecule has 2 heterocycles. The maximum atomic E-state index is 12.5. The molecule has 0 bridgehead atoms. The first kappa shape index (κ1) is 17.7. The minimum atomic E-state index is -3.03. The Labute approximate surface area is 146 Å². The number of likely N-dealkylation sites (tertiary alicyclic amines) is 1. The molecule has 2 fully saturated rings. The lowest BCUT2D eigenvalue weighted by Gasteiger charge is -2.20. The van der Waals surface area contributed by atoms with Gasteiger partial charge in [-0.1, -0.05) is 12.1 Å². The molecule has 1 spiro atoms. The van der Waals surface area contributed by atoms with Gasteiger partial charge in [0.05, 0.1) is 11.1 Å². The normalized spacial score (nSPS) is 22.9. The highest BCUT2D eigenvalue weighted by molar-refractivity contribution is 7.99. The van der Waals surface area contributed by atoms with E-state index in [4.69, 9.17) is 0 Å². The van der Waals surface area contributed by atoms with E-state index in [0.29, 0.717) is 12.2 Å². The molecule has 25 heavy (non-hydrogen) atoms. The van der Waals surface area contributed by atoms with E-state index >= 15 is 0 Å². The van der Waals surface area contributed by atoms with Crippen molar-refractivity contribution >= 4 is 35.2 Å². The Kier molecular flexibility index (Phi) is 4.94. The van der Waals surface area contributed by atoms with Gasteiger partial charge in [-0.3, -0.25) is 19.3 Å². The summed E-state index contributed by atoms with van der Waals surface area (Å²) in [5, 5.41) is 2.41. The van der Waals surface area contributed by atoms with Crippen molar-refractivity contribution in [3.8, 4) is 5.75 Å². The minimum Gasteiger partial charge on any atom is -0.433 e. The standard InChI is InChI=1S/C16H16F2N2O4S/c17-15(18)24-11-4-2-1-3-10(11)19-12(21)8-20-13(22)7-16(14(20)23)5-6-25-9-16/h1-4,15H,5-9H2,(H,19,21). The van der Waals surface area contributed by atoms with Gasteiger partial charge in [0, 0.05) is 12.2 Å². The highest BCUT2D eigenvalue weighted by Gasteiger charge is 2.53. The molecule has 0 aliphatic carbocycles. The first-order valence-corrected chi connectivity index (χ1v) is 8.83. The van der Waals surface area contributed by atoms with E-state index in [2.05, 4.69) is 10.1 Å². The van der Waals surface area contributed by atoms with Crippen LogP contribution in [0.5, 0.6) is 5.75 Å². The Morgan fingerprint density at radius 3 is 2.80 bits per heavy atom. The number of carbonyl (C=O) groups is 3. The first-order chi connectivity index (χ1) is 11.9. The molecule has 1 N–H and O–H groups in total. The number of imide groups is 1. The molecular formula is C16H16F2N2O4S. The van der Waals surface area contributed by atoms with Crippen molar-refractivity contribution in [1.29, 1.82) is 0 Å². The number of rotatable bonds is 5. The van der Waals surface area contributed by atoms with Crippen molar-refractivity contribution in [2.45, 2.75) is 19.5 Å². The second-order valence-corrected chi connectivity index (χ2v) is 7.07. The number of hydrogen-bond donors (Lipinski definition) is 1. The maximum Gasteiger partial charge on any atom is 0.387 e. The summed E-state index contributed by atoms with van der Waals surface area (Å²) in [4.78, 5) is 37.8. The van der Waals surface area contributed by atoms with Gasteiger partial charge in [-0.25, -0.2) is 0 Å². The number of carbonyl (C=O) groups excluding carboxylic acids is 3. The molecule has 1 atom stereocenters. The van der Waals surface area contributed by atoms with Crippen LogP contribution in [0.2, 0.25) is 0 Å². The fourth-order valence-electron chi connectivity index (χ4n) is 3.04. The summed E-state index contributed by atoms with van der Waals surface area (Å²) < 4.78 is 29.1. The molecule has 2 aliphatic rings. The van der Waals surface area contributed by atoms with Crippen LogP contribution < -0.4 is 10.1 Å². The zero-order chi connectivity index (χ0) is 18.0. The quantitative estimate of drug-likeness (QED) is 0.804. The van der Waals surface area contributed by atoms with Gasteiger partial charge < -0.3 is 10.1 Å². The summed E-state index contributed by atoms with van der Waals surface area (Å²) >= 11 is 1.62. The number of anilines is 1. The molecule has 0 saturated carbocycles. The number of para-hydroxylation sites is 2. The SMILES string of the molecule is O=C(CN1C(=O)CC2(CCSC2)C1=O)Nc1ccccc1OC(F)F. The lowest BCUT2D eigenvalue weighted by atomic mass is 9.86. The molecule has 3 rings (SSSR count). The van der Waals surface area contributed by atoms with Crippen molar-refractivity contribution < 1.29 is 27.9 Å². The van der Waals surface area contributed by atoms with Crippen LogP contribution in [0.3, 0.4) is 0 Å². The van der Waals surface area contributed by atoms with Gasteiger partial charge in [0.25, 0.3) is 0 Å². The molecule has 2 saturated heterocycles. The average molecular weight is 370 g/mol. The van der Waals surface area contributed by atoms with E-state index in [1.165, 1.54) is 18.2 Å². The fraction of sp³-hybridized carbons (Fsp3) is 0.438. The largest absolute Gasteiger partial charge is 0.433 e. The zero-order valence-corrected chi connectivity index (χ0v) is 14.0. The second kappa shape index (κ2) is 6.99. The van der Waals surface area contributed by atoms with Crippen molar-refractivity contribution in [1.82, 2.24) is 4.90 Å². The van der Waals surface area contributed by atoms with Gasteiger partial charge in [-0.2, -0.15) is 20.5 Å². The number of ether oxygens (including phenoxy) is 1. The van der Waals surface area contributed by atoms with Crippen LogP contribution in [0, 0.1) is 5.41 Å².